The van der Waals surface area contributed by atoms with Crippen LogP contribution in [0.4, 0.5) is 5.69 Å². The Morgan fingerprint density at radius 1 is 0.842 bits per heavy atom. The van der Waals surface area contributed by atoms with E-state index in [0.717, 1.165) is 70.0 Å². The summed E-state index contributed by atoms with van der Waals surface area (Å²) < 4.78 is 6.02. The second-order valence-electron chi connectivity index (χ2n) is 10.2. The molecule has 2 N–H and O–H groups in total. The first kappa shape index (κ1) is 23.1. The van der Waals surface area contributed by atoms with Crippen LogP contribution in [-0.4, -0.2) is 79.3 Å². The van der Waals surface area contributed by atoms with E-state index in [1.54, 1.807) is 6.20 Å². The maximum Gasteiger partial charge on any atom is 0.159 e. The summed E-state index contributed by atoms with van der Waals surface area (Å²) in [5.41, 5.74) is 6.25. The van der Waals surface area contributed by atoms with Crippen LogP contribution in [0.2, 0.25) is 0 Å². The van der Waals surface area contributed by atoms with Crippen molar-refractivity contribution in [2.24, 2.45) is 0 Å². The maximum absolute atomic E-state index is 6.02. The third kappa shape index (κ3) is 4.45. The van der Waals surface area contributed by atoms with Gasteiger partial charge in [-0.15, -0.1) is 0 Å². The van der Waals surface area contributed by atoms with Gasteiger partial charge in [-0.25, -0.2) is 4.98 Å². The highest BCUT2D eigenvalue weighted by Gasteiger charge is 2.19. The molecule has 7 heterocycles. The predicted octanol–water partition coefficient (Wildman–Crippen LogP) is 4.42. The van der Waals surface area contributed by atoms with E-state index in [4.69, 9.17) is 9.72 Å². The molecule has 0 atom stereocenters. The van der Waals surface area contributed by atoms with Gasteiger partial charge in [0.25, 0.3) is 0 Å². The van der Waals surface area contributed by atoms with Gasteiger partial charge in [-0.1, -0.05) is 0 Å². The molecule has 2 aliphatic rings. The highest BCUT2D eigenvalue weighted by atomic mass is 16.5. The van der Waals surface area contributed by atoms with Crippen LogP contribution >= 0.6 is 0 Å². The molecule has 0 aliphatic carbocycles. The van der Waals surface area contributed by atoms with E-state index in [0.29, 0.717) is 12.4 Å². The molecule has 38 heavy (non-hydrogen) atoms. The average Bonchev–Trinajstić information content (AvgIpc) is 3.73. The Morgan fingerprint density at radius 2 is 1.68 bits per heavy atom. The van der Waals surface area contributed by atoms with Crippen LogP contribution in [0.5, 0.6) is 5.75 Å². The Kier molecular flexibility index (Phi) is 6.09. The molecular formula is C28H31N9O. The van der Waals surface area contributed by atoms with Crippen molar-refractivity contribution in [1.82, 2.24) is 40.0 Å². The number of aromatic amines is 2. The molecule has 5 aromatic rings. The van der Waals surface area contributed by atoms with Crippen molar-refractivity contribution < 1.29 is 4.74 Å². The number of nitrogens with one attached hydrogen (secondary N) is 2. The van der Waals surface area contributed by atoms with Crippen molar-refractivity contribution in [2.75, 3.05) is 44.2 Å². The topological polar surface area (TPSA) is 112 Å². The number of hydrogen-bond acceptors (Lipinski definition) is 8. The molecule has 0 saturated carbocycles. The van der Waals surface area contributed by atoms with E-state index in [1.807, 2.05) is 36.9 Å². The first-order valence-electron chi connectivity index (χ1n) is 13.6. The molecule has 10 heteroatoms. The first-order valence-corrected chi connectivity index (χ1v) is 13.6. The Labute approximate surface area is 220 Å². The standard InChI is InChI=1S/C28H31N9O/c1-2-8-37(9-3-1)25-18-30-16-24-27(25)33-28(32-24)26-21-13-22(31-17-23(21)34-35-26)19-12-20(15-29-14-19)38-11-10-36-6-4-5-7-36/h12-18H,1-11H2,(H,32,33)(H,34,35). The molecule has 0 aromatic carbocycles. The quantitative estimate of drug-likeness (QED) is 0.332. The zero-order valence-corrected chi connectivity index (χ0v) is 21.4. The first-order chi connectivity index (χ1) is 18.8. The fourth-order valence-corrected chi connectivity index (χ4v) is 5.59. The van der Waals surface area contributed by atoms with Crippen LogP contribution in [-0.2, 0) is 0 Å². The van der Waals surface area contributed by atoms with Gasteiger partial charge >= 0.3 is 0 Å². The Balaban J connectivity index is 1.18. The third-order valence-corrected chi connectivity index (χ3v) is 7.63. The van der Waals surface area contributed by atoms with Gasteiger partial charge < -0.3 is 14.6 Å². The number of likely N-dealkylation sites (tertiary alicyclic amines) is 1. The summed E-state index contributed by atoms with van der Waals surface area (Å²) in [4.78, 5) is 26.8. The fraction of sp³-hybridized carbons (Fsp3) is 0.393. The molecule has 0 radical (unpaired) electrons. The minimum Gasteiger partial charge on any atom is -0.491 e. The lowest BCUT2D eigenvalue weighted by Gasteiger charge is -2.28. The van der Waals surface area contributed by atoms with E-state index in [-0.39, 0.29) is 0 Å². The molecule has 0 bridgehead atoms. The molecule has 2 aliphatic heterocycles. The molecule has 7 rings (SSSR count). The number of rotatable bonds is 7. The molecule has 0 amide bonds. The van der Waals surface area contributed by atoms with E-state index in [1.165, 1.54) is 45.2 Å². The molecular weight excluding hydrogens is 478 g/mol. The van der Waals surface area contributed by atoms with Crippen LogP contribution in [0, 0.1) is 0 Å². The number of H-pyrrole nitrogens is 2. The van der Waals surface area contributed by atoms with Gasteiger partial charge in [0.05, 0.1) is 47.2 Å². The zero-order valence-electron chi connectivity index (χ0n) is 21.4. The summed E-state index contributed by atoms with van der Waals surface area (Å²) in [6.45, 7) is 6.01. The highest BCUT2D eigenvalue weighted by Crippen LogP contribution is 2.32. The van der Waals surface area contributed by atoms with Gasteiger partial charge in [-0.3, -0.25) is 25.0 Å². The summed E-state index contributed by atoms with van der Waals surface area (Å²) >= 11 is 0. The number of hydrogen-bond donors (Lipinski definition) is 2. The van der Waals surface area contributed by atoms with E-state index in [9.17, 15) is 0 Å². The molecule has 5 aromatic heterocycles. The highest BCUT2D eigenvalue weighted by molar-refractivity contribution is 5.96. The molecule has 0 unspecified atom stereocenters. The van der Waals surface area contributed by atoms with Gasteiger partial charge in [0.15, 0.2) is 5.82 Å². The molecule has 194 valence electrons. The van der Waals surface area contributed by atoms with Gasteiger partial charge in [0.1, 0.15) is 23.6 Å². The molecule has 2 fully saturated rings. The second-order valence-corrected chi connectivity index (χ2v) is 10.2. The zero-order chi connectivity index (χ0) is 25.3. The van der Waals surface area contributed by atoms with E-state index < -0.39 is 0 Å². The average molecular weight is 510 g/mol. The molecule has 10 nitrogen and oxygen atoms in total. The monoisotopic (exact) mass is 509 g/mol. The van der Waals surface area contributed by atoms with Crippen LogP contribution in [0.1, 0.15) is 32.1 Å². The Bertz CT molecular complexity index is 1560. The van der Waals surface area contributed by atoms with Gasteiger partial charge in [0, 0.05) is 36.8 Å². The largest absolute Gasteiger partial charge is 0.491 e. The number of anilines is 1. The van der Waals surface area contributed by atoms with Gasteiger partial charge in [0.2, 0.25) is 0 Å². The van der Waals surface area contributed by atoms with Crippen LogP contribution in [0.25, 0.3) is 44.7 Å². The lowest BCUT2D eigenvalue weighted by molar-refractivity contribution is 0.237. The summed E-state index contributed by atoms with van der Waals surface area (Å²) in [5, 5.41) is 8.65. The number of piperidine rings is 1. The van der Waals surface area contributed by atoms with Crippen LogP contribution in [0.3, 0.4) is 0 Å². The van der Waals surface area contributed by atoms with Crippen LogP contribution in [0.15, 0.2) is 43.1 Å². The normalized spacial score (nSPS) is 16.6. The molecule has 2 saturated heterocycles. The fourth-order valence-electron chi connectivity index (χ4n) is 5.59. The summed E-state index contributed by atoms with van der Waals surface area (Å²) in [5.74, 6) is 1.47. The lowest BCUT2D eigenvalue weighted by atomic mass is 10.1. The second kappa shape index (κ2) is 10.0. The Morgan fingerprint density at radius 3 is 2.58 bits per heavy atom. The molecule has 0 spiro atoms. The SMILES string of the molecule is c1ncc(-c2cc3c(-c4nc5c(N6CCCCC6)cncc5[nH]4)n[nH]c3cn2)cc1OCCN1CCCC1. The summed E-state index contributed by atoms with van der Waals surface area (Å²) in [6, 6.07) is 4.04. The summed E-state index contributed by atoms with van der Waals surface area (Å²) in [7, 11) is 0. The van der Waals surface area contributed by atoms with Crippen molar-refractivity contribution in [2.45, 2.75) is 32.1 Å². The number of ether oxygens (including phenoxy) is 1. The minimum absolute atomic E-state index is 0.657. The van der Waals surface area contributed by atoms with Crippen molar-refractivity contribution in [3.8, 4) is 28.5 Å². The van der Waals surface area contributed by atoms with Crippen LogP contribution < -0.4 is 9.64 Å². The van der Waals surface area contributed by atoms with Crippen molar-refractivity contribution in [3.05, 3.63) is 43.1 Å². The lowest BCUT2D eigenvalue weighted by Crippen LogP contribution is -2.29. The smallest absolute Gasteiger partial charge is 0.159 e. The van der Waals surface area contributed by atoms with E-state index >= 15 is 0 Å². The number of fused-ring (bicyclic) bond motifs is 2. The van der Waals surface area contributed by atoms with E-state index in [2.05, 4.69) is 39.9 Å². The third-order valence-electron chi connectivity index (χ3n) is 7.63. The number of pyridine rings is 3. The van der Waals surface area contributed by atoms with Crippen molar-refractivity contribution in [1.29, 1.82) is 0 Å². The maximum atomic E-state index is 6.02. The summed E-state index contributed by atoms with van der Waals surface area (Å²) in [6.07, 6.45) is 15.4. The minimum atomic E-state index is 0.657. The van der Waals surface area contributed by atoms with Gasteiger partial charge in [-0.2, -0.15) is 5.10 Å². The van der Waals surface area contributed by atoms with Gasteiger partial charge in [-0.05, 0) is 57.3 Å². The van der Waals surface area contributed by atoms with Crippen molar-refractivity contribution in [3.63, 3.8) is 0 Å². The number of imidazole rings is 1. The Hall–Kier alpha value is -4.05. The number of nitrogens with zero attached hydrogens (tertiary/aromatic N) is 7. The number of aromatic nitrogens is 7. The predicted molar refractivity (Wildman–Crippen MR) is 147 cm³/mol. The van der Waals surface area contributed by atoms with Crippen molar-refractivity contribution >= 4 is 27.6 Å².